The minimum Gasteiger partial charge on any atom is -0.322 e. The normalized spacial score (nSPS) is 10.3. The Morgan fingerprint density at radius 2 is 2.00 bits per heavy atom. The van der Waals surface area contributed by atoms with Crippen LogP contribution in [0.2, 0.25) is 5.02 Å². The first-order chi connectivity index (χ1) is 9.10. The van der Waals surface area contributed by atoms with Gasteiger partial charge in [0.25, 0.3) is 5.91 Å². The van der Waals surface area contributed by atoms with Crippen LogP contribution in [-0.2, 0) is 5.88 Å². The lowest BCUT2D eigenvalue weighted by atomic mass is 10.1. The number of halogens is 2. The molecule has 0 heterocycles. The smallest absolute Gasteiger partial charge is 0.255 e. The predicted molar refractivity (Wildman–Crippen MR) is 80.1 cm³/mol. The summed E-state index contributed by atoms with van der Waals surface area (Å²) >= 11 is 11.8. The molecule has 0 aliphatic rings. The summed E-state index contributed by atoms with van der Waals surface area (Å²) in [6.07, 6.45) is 0. The highest BCUT2D eigenvalue weighted by Gasteiger charge is 2.08. The first-order valence-corrected chi connectivity index (χ1v) is 6.74. The van der Waals surface area contributed by atoms with Gasteiger partial charge in [0.15, 0.2) is 0 Å². The number of amides is 1. The van der Waals surface area contributed by atoms with Crippen LogP contribution in [0.3, 0.4) is 0 Å². The van der Waals surface area contributed by atoms with Crippen LogP contribution in [0.15, 0.2) is 42.5 Å². The van der Waals surface area contributed by atoms with E-state index in [1.54, 1.807) is 12.1 Å². The van der Waals surface area contributed by atoms with Crippen LogP contribution in [0.5, 0.6) is 0 Å². The van der Waals surface area contributed by atoms with E-state index in [2.05, 4.69) is 5.32 Å². The van der Waals surface area contributed by atoms with Gasteiger partial charge < -0.3 is 5.32 Å². The molecule has 0 fully saturated rings. The van der Waals surface area contributed by atoms with Gasteiger partial charge in [-0.05, 0) is 42.3 Å². The van der Waals surface area contributed by atoms with Crippen molar-refractivity contribution in [3.05, 3.63) is 64.2 Å². The summed E-state index contributed by atoms with van der Waals surface area (Å²) in [5.74, 6) is 0.230. The molecular formula is C15H13Cl2NO. The lowest BCUT2D eigenvalue weighted by Gasteiger charge is -2.07. The van der Waals surface area contributed by atoms with Crippen LogP contribution in [0.1, 0.15) is 21.5 Å². The third-order valence-electron chi connectivity index (χ3n) is 2.77. The first kappa shape index (κ1) is 13.9. The Bertz CT molecular complexity index is 611. The minimum absolute atomic E-state index is 0.186. The van der Waals surface area contributed by atoms with Crippen LogP contribution in [-0.4, -0.2) is 5.91 Å². The molecule has 0 aliphatic carbocycles. The number of hydrogen-bond donors (Lipinski definition) is 1. The number of anilines is 1. The van der Waals surface area contributed by atoms with Crippen molar-refractivity contribution in [2.24, 2.45) is 0 Å². The molecule has 0 atom stereocenters. The number of carbonyl (C=O) groups is 1. The molecule has 2 rings (SSSR count). The highest BCUT2D eigenvalue weighted by atomic mass is 35.5. The van der Waals surface area contributed by atoms with Gasteiger partial charge in [-0.3, -0.25) is 4.79 Å². The van der Waals surface area contributed by atoms with Gasteiger partial charge in [0.05, 0.1) is 0 Å². The quantitative estimate of drug-likeness (QED) is 0.821. The van der Waals surface area contributed by atoms with Crippen LogP contribution in [0.25, 0.3) is 0 Å². The molecule has 0 aromatic heterocycles. The number of alkyl halides is 1. The maximum atomic E-state index is 12.1. The van der Waals surface area contributed by atoms with Gasteiger partial charge in [0.2, 0.25) is 0 Å². The predicted octanol–water partition coefficient (Wildman–Crippen LogP) is 4.64. The number of carbonyl (C=O) groups excluding carboxylic acids is 1. The van der Waals surface area contributed by atoms with Crippen LogP contribution in [0, 0.1) is 6.92 Å². The molecule has 98 valence electrons. The molecule has 1 amide bonds. The van der Waals surface area contributed by atoms with E-state index < -0.39 is 0 Å². The van der Waals surface area contributed by atoms with Gasteiger partial charge >= 0.3 is 0 Å². The fourth-order valence-corrected chi connectivity index (χ4v) is 2.02. The Kier molecular flexibility index (Phi) is 4.46. The highest BCUT2D eigenvalue weighted by molar-refractivity contribution is 6.31. The van der Waals surface area contributed by atoms with E-state index in [0.717, 1.165) is 16.8 Å². The third-order valence-corrected chi connectivity index (χ3v) is 3.49. The second-order valence-electron chi connectivity index (χ2n) is 4.25. The zero-order valence-corrected chi connectivity index (χ0v) is 11.9. The number of aryl methyl sites for hydroxylation is 1. The Morgan fingerprint density at radius 3 is 2.68 bits per heavy atom. The maximum Gasteiger partial charge on any atom is 0.255 e. The summed E-state index contributed by atoms with van der Waals surface area (Å²) < 4.78 is 0. The number of hydrogen-bond acceptors (Lipinski definition) is 1. The fraction of sp³-hybridized carbons (Fsp3) is 0.133. The van der Waals surface area contributed by atoms with Crippen LogP contribution < -0.4 is 5.32 Å². The molecule has 0 unspecified atom stereocenters. The molecule has 0 saturated heterocycles. The van der Waals surface area contributed by atoms with Crippen molar-refractivity contribution >= 4 is 34.8 Å². The van der Waals surface area contributed by atoms with E-state index in [4.69, 9.17) is 23.2 Å². The van der Waals surface area contributed by atoms with Crippen molar-refractivity contribution < 1.29 is 4.79 Å². The summed E-state index contributed by atoms with van der Waals surface area (Å²) in [4.78, 5) is 12.1. The van der Waals surface area contributed by atoms with Gasteiger partial charge in [0.1, 0.15) is 0 Å². The molecule has 2 aromatic carbocycles. The second-order valence-corrected chi connectivity index (χ2v) is 4.93. The average Bonchev–Trinajstić information content (AvgIpc) is 2.42. The zero-order valence-electron chi connectivity index (χ0n) is 10.4. The Labute approximate surface area is 122 Å². The molecule has 2 aromatic rings. The molecule has 1 N–H and O–H groups in total. The van der Waals surface area contributed by atoms with E-state index in [-0.39, 0.29) is 5.91 Å². The average molecular weight is 294 g/mol. The molecule has 0 bridgehead atoms. The SMILES string of the molecule is Cc1ccc(C(=O)Nc2cccc(CCl)c2)cc1Cl. The van der Waals surface area contributed by atoms with Crippen molar-refractivity contribution in [1.82, 2.24) is 0 Å². The molecule has 0 radical (unpaired) electrons. The van der Waals surface area contributed by atoms with Gasteiger partial charge in [-0.25, -0.2) is 0 Å². The molecule has 0 saturated carbocycles. The number of benzene rings is 2. The Morgan fingerprint density at radius 1 is 1.21 bits per heavy atom. The van der Waals surface area contributed by atoms with Gasteiger partial charge in [-0.15, -0.1) is 11.6 Å². The topological polar surface area (TPSA) is 29.1 Å². The lowest BCUT2D eigenvalue weighted by Crippen LogP contribution is -2.12. The maximum absolute atomic E-state index is 12.1. The molecule has 4 heteroatoms. The summed E-state index contributed by atoms with van der Waals surface area (Å²) in [6, 6.07) is 12.7. The van der Waals surface area contributed by atoms with Crippen molar-refractivity contribution in [3.63, 3.8) is 0 Å². The van der Waals surface area contributed by atoms with Gasteiger partial charge in [0, 0.05) is 22.2 Å². The molecular weight excluding hydrogens is 281 g/mol. The van der Waals surface area contributed by atoms with E-state index >= 15 is 0 Å². The number of rotatable bonds is 3. The van der Waals surface area contributed by atoms with Crippen molar-refractivity contribution in [1.29, 1.82) is 0 Å². The number of nitrogens with one attached hydrogen (secondary N) is 1. The largest absolute Gasteiger partial charge is 0.322 e. The fourth-order valence-electron chi connectivity index (χ4n) is 1.67. The van der Waals surface area contributed by atoms with Crippen molar-refractivity contribution in [2.45, 2.75) is 12.8 Å². The van der Waals surface area contributed by atoms with E-state index in [9.17, 15) is 4.79 Å². The van der Waals surface area contributed by atoms with E-state index in [0.29, 0.717) is 16.5 Å². The summed E-state index contributed by atoms with van der Waals surface area (Å²) in [5.41, 5.74) is 3.16. The molecule has 19 heavy (non-hydrogen) atoms. The monoisotopic (exact) mass is 293 g/mol. The molecule has 2 nitrogen and oxygen atoms in total. The molecule has 0 spiro atoms. The minimum atomic E-state index is -0.186. The lowest BCUT2D eigenvalue weighted by molar-refractivity contribution is 0.102. The van der Waals surface area contributed by atoms with Crippen molar-refractivity contribution in [2.75, 3.05) is 5.32 Å². The Balaban J connectivity index is 2.18. The van der Waals surface area contributed by atoms with E-state index in [1.165, 1.54) is 0 Å². The zero-order chi connectivity index (χ0) is 13.8. The van der Waals surface area contributed by atoms with E-state index in [1.807, 2.05) is 37.3 Å². The summed E-state index contributed by atoms with van der Waals surface area (Å²) in [6.45, 7) is 1.90. The standard InChI is InChI=1S/C15H13Cl2NO/c1-10-5-6-12(8-14(10)17)15(19)18-13-4-2-3-11(7-13)9-16/h2-8H,9H2,1H3,(H,18,19). The van der Waals surface area contributed by atoms with Crippen LogP contribution in [0.4, 0.5) is 5.69 Å². The summed E-state index contributed by atoms with van der Waals surface area (Å²) in [7, 11) is 0. The van der Waals surface area contributed by atoms with Gasteiger partial charge in [-0.2, -0.15) is 0 Å². The van der Waals surface area contributed by atoms with Gasteiger partial charge in [-0.1, -0.05) is 29.8 Å². The first-order valence-electron chi connectivity index (χ1n) is 5.82. The van der Waals surface area contributed by atoms with Crippen molar-refractivity contribution in [3.8, 4) is 0 Å². The second kappa shape index (κ2) is 6.09. The summed E-state index contributed by atoms with van der Waals surface area (Å²) in [5, 5.41) is 3.41. The highest BCUT2D eigenvalue weighted by Crippen LogP contribution is 2.18. The Hall–Kier alpha value is -1.51. The van der Waals surface area contributed by atoms with Crippen LogP contribution >= 0.6 is 23.2 Å². The molecule has 0 aliphatic heterocycles. The third kappa shape index (κ3) is 3.49.